The van der Waals surface area contributed by atoms with Gasteiger partial charge in [-0.25, -0.2) is 4.98 Å². The van der Waals surface area contributed by atoms with Crippen molar-refractivity contribution >= 4 is 56.4 Å². The van der Waals surface area contributed by atoms with Crippen molar-refractivity contribution in [3.63, 3.8) is 0 Å². The monoisotopic (exact) mass is 424 g/mol. The number of rotatable bonds is 4. The standard InChI is InChI=1S/C17H18BrClN4S/c18-13-9-15(19)16(20-11-13)22-17(24)21-10-12-3-5-14(6-4-12)23-7-1-2-8-23/h3-6,9,11H,1-2,7-8,10H2,(H2,20,21,22,24). The first-order valence-corrected chi connectivity index (χ1v) is 9.39. The van der Waals surface area contributed by atoms with Gasteiger partial charge >= 0.3 is 0 Å². The predicted octanol–water partition coefficient (Wildman–Crippen LogP) is 4.58. The molecule has 1 aromatic heterocycles. The van der Waals surface area contributed by atoms with E-state index in [1.54, 1.807) is 12.3 Å². The van der Waals surface area contributed by atoms with Crippen molar-refractivity contribution in [1.29, 1.82) is 0 Å². The summed E-state index contributed by atoms with van der Waals surface area (Å²) in [5, 5.41) is 7.20. The first-order valence-electron chi connectivity index (χ1n) is 7.81. The zero-order valence-electron chi connectivity index (χ0n) is 13.1. The van der Waals surface area contributed by atoms with Crippen molar-refractivity contribution in [2.24, 2.45) is 0 Å². The molecule has 3 rings (SSSR count). The molecule has 0 radical (unpaired) electrons. The number of halogens is 2. The molecular weight excluding hydrogens is 408 g/mol. The minimum absolute atomic E-state index is 0.496. The van der Waals surface area contributed by atoms with E-state index < -0.39 is 0 Å². The van der Waals surface area contributed by atoms with Gasteiger partial charge in [-0.3, -0.25) is 0 Å². The summed E-state index contributed by atoms with van der Waals surface area (Å²) in [6.45, 7) is 2.97. The van der Waals surface area contributed by atoms with Crippen molar-refractivity contribution in [2.75, 3.05) is 23.3 Å². The molecule has 2 heterocycles. The molecule has 1 saturated heterocycles. The zero-order chi connectivity index (χ0) is 16.9. The fourth-order valence-electron chi connectivity index (χ4n) is 2.64. The second-order valence-corrected chi connectivity index (χ2v) is 7.38. The number of pyridine rings is 1. The molecule has 7 heteroatoms. The minimum atomic E-state index is 0.496. The Morgan fingerprint density at radius 3 is 2.62 bits per heavy atom. The zero-order valence-corrected chi connectivity index (χ0v) is 16.2. The highest BCUT2D eigenvalue weighted by Gasteiger charge is 2.11. The lowest BCUT2D eigenvalue weighted by Crippen LogP contribution is -2.28. The average molecular weight is 426 g/mol. The highest BCUT2D eigenvalue weighted by Crippen LogP contribution is 2.23. The fraction of sp³-hybridized carbons (Fsp3) is 0.294. The Morgan fingerprint density at radius 2 is 1.96 bits per heavy atom. The Balaban J connectivity index is 1.52. The average Bonchev–Trinajstić information content (AvgIpc) is 3.11. The number of hydrogen-bond donors (Lipinski definition) is 2. The van der Waals surface area contributed by atoms with Crippen LogP contribution in [0.15, 0.2) is 41.0 Å². The van der Waals surface area contributed by atoms with E-state index in [0.29, 0.717) is 22.5 Å². The number of aromatic nitrogens is 1. The number of nitrogens with zero attached hydrogens (tertiary/aromatic N) is 2. The summed E-state index contributed by atoms with van der Waals surface area (Å²) in [6.07, 6.45) is 4.25. The minimum Gasteiger partial charge on any atom is -0.372 e. The summed E-state index contributed by atoms with van der Waals surface area (Å²) in [5.41, 5.74) is 2.47. The van der Waals surface area contributed by atoms with E-state index in [-0.39, 0.29) is 0 Å². The van der Waals surface area contributed by atoms with Gasteiger partial charge in [0.25, 0.3) is 0 Å². The lowest BCUT2D eigenvalue weighted by molar-refractivity contribution is 0.920. The normalized spacial score (nSPS) is 13.8. The summed E-state index contributed by atoms with van der Waals surface area (Å²) < 4.78 is 0.829. The van der Waals surface area contributed by atoms with Gasteiger partial charge in [0.05, 0.1) is 5.02 Å². The van der Waals surface area contributed by atoms with E-state index in [0.717, 1.165) is 17.6 Å². The van der Waals surface area contributed by atoms with Crippen LogP contribution in [0.25, 0.3) is 0 Å². The topological polar surface area (TPSA) is 40.2 Å². The summed E-state index contributed by atoms with van der Waals surface area (Å²) in [5.74, 6) is 0.543. The Morgan fingerprint density at radius 1 is 1.25 bits per heavy atom. The molecule has 0 amide bonds. The Bertz CT molecular complexity index is 717. The van der Waals surface area contributed by atoms with Crippen LogP contribution in [-0.2, 0) is 6.54 Å². The van der Waals surface area contributed by atoms with Gasteiger partial charge in [0.1, 0.15) is 0 Å². The maximum Gasteiger partial charge on any atom is 0.172 e. The molecule has 0 spiro atoms. The third kappa shape index (κ3) is 4.59. The van der Waals surface area contributed by atoms with Crippen LogP contribution in [0.1, 0.15) is 18.4 Å². The second-order valence-electron chi connectivity index (χ2n) is 5.65. The van der Waals surface area contributed by atoms with Crippen LogP contribution in [0, 0.1) is 0 Å². The maximum atomic E-state index is 6.12. The summed E-state index contributed by atoms with van der Waals surface area (Å²) in [6, 6.07) is 10.4. The summed E-state index contributed by atoms with van der Waals surface area (Å²) >= 11 is 14.8. The molecule has 0 aliphatic carbocycles. The van der Waals surface area contributed by atoms with Crippen LogP contribution in [0.3, 0.4) is 0 Å². The van der Waals surface area contributed by atoms with Gasteiger partial charge in [-0.1, -0.05) is 23.7 Å². The highest BCUT2D eigenvalue weighted by atomic mass is 79.9. The van der Waals surface area contributed by atoms with E-state index in [9.17, 15) is 0 Å². The molecule has 1 aliphatic rings. The summed E-state index contributed by atoms with van der Waals surface area (Å²) in [4.78, 5) is 6.63. The molecule has 0 saturated carbocycles. The molecule has 1 aliphatic heterocycles. The van der Waals surface area contributed by atoms with E-state index in [2.05, 4.69) is 60.7 Å². The van der Waals surface area contributed by atoms with Gasteiger partial charge in [-0.2, -0.15) is 0 Å². The molecule has 1 aromatic carbocycles. The molecule has 1 fully saturated rings. The molecule has 2 aromatic rings. The number of nitrogens with one attached hydrogen (secondary N) is 2. The van der Waals surface area contributed by atoms with Gasteiger partial charge in [0.2, 0.25) is 0 Å². The van der Waals surface area contributed by atoms with Crippen LogP contribution >= 0.6 is 39.7 Å². The molecule has 0 bridgehead atoms. The van der Waals surface area contributed by atoms with Gasteiger partial charge in [0, 0.05) is 36.0 Å². The quantitative estimate of drug-likeness (QED) is 0.701. The van der Waals surface area contributed by atoms with E-state index in [1.807, 2.05) is 0 Å². The molecular formula is C17H18BrClN4S. The van der Waals surface area contributed by atoms with Crippen LogP contribution in [0.4, 0.5) is 11.5 Å². The van der Waals surface area contributed by atoms with Crippen LogP contribution in [0.2, 0.25) is 5.02 Å². The van der Waals surface area contributed by atoms with Crippen molar-refractivity contribution in [3.8, 4) is 0 Å². The number of hydrogen-bond acceptors (Lipinski definition) is 3. The van der Waals surface area contributed by atoms with Crippen molar-refractivity contribution in [2.45, 2.75) is 19.4 Å². The van der Waals surface area contributed by atoms with Crippen molar-refractivity contribution in [1.82, 2.24) is 10.3 Å². The molecule has 24 heavy (non-hydrogen) atoms. The highest BCUT2D eigenvalue weighted by molar-refractivity contribution is 9.10. The fourth-order valence-corrected chi connectivity index (χ4v) is 3.49. The lowest BCUT2D eigenvalue weighted by Gasteiger charge is -2.18. The lowest BCUT2D eigenvalue weighted by atomic mass is 10.2. The largest absolute Gasteiger partial charge is 0.372 e. The van der Waals surface area contributed by atoms with Gasteiger partial charge in [-0.15, -0.1) is 0 Å². The first kappa shape index (κ1) is 17.5. The molecule has 2 N–H and O–H groups in total. The van der Waals surface area contributed by atoms with E-state index >= 15 is 0 Å². The van der Waals surface area contributed by atoms with Crippen molar-refractivity contribution in [3.05, 3.63) is 51.6 Å². The summed E-state index contributed by atoms with van der Waals surface area (Å²) in [7, 11) is 0. The predicted molar refractivity (Wildman–Crippen MR) is 108 cm³/mol. The van der Waals surface area contributed by atoms with E-state index in [1.165, 1.54) is 24.1 Å². The number of benzene rings is 1. The molecule has 0 atom stereocenters. The van der Waals surface area contributed by atoms with E-state index in [4.69, 9.17) is 23.8 Å². The third-order valence-electron chi connectivity index (χ3n) is 3.90. The van der Waals surface area contributed by atoms with Gasteiger partial charge in [0.15, 0.2) is 10.9 Å². The Labute approximate surface area is 160 Å². The molecule has 0 unspecified atom stereocenters. The number of anilines is 2. The second kappa shape index (κ2) is 8.14. The Hall–Kier alpha value is -1.37. The molecule has 4 nitrogen and oxygen atoms in total. The van der Waals surface area contributed by atoms with Crippen LogP contribution < -0.4 is 15.5 Å². The Kier molecular flexibility index (Phi) is 5.92. The number of thiocarbonyl (C=S) groups is 1. The SMILES string of the molecule is S=C(NCc1ccc(N2CCCC2)cc1)Nc1ncc(Br)cc1Cl. The van der Waals surface area contributed by atoms with Gasteiger partial charge in [-0.05, 0) is 64.8 Å². The van der Waals surface area contributed by atoms with Crippen molar-refractivity contribution < 1.29 is 0 Å². The molecule has 126 valence electrons. The van der Waals surface area contributed by atoms with Crippen LogP contribution in [-0.4, -0.2) is 23.2 Å². The van der Waals surface area contributed by atoms with Gasteiger partial charge < -0.3 is 15.5 Å². The smallest absolute Gasteiger partial charge is 0.172 e. The first-order chi connectivity index (χ1) is 11.6. The third-order valence-corrected chi connectivity index (χ3v) is 4.87. The van der Waals surface area contributed by atoms with Crippen LogP contribution in [0.5, 0.6) is 0 Å². The maximum absolute atomic E-state index is 6.12.